The lowest BCUT2D eigenvalue weighted by Crippen LogP contribution is -2.20. The SMILES string of the molecule is Cc1cc(Cl)n(C(F)F)c(=O)c1. The van der Waals surface area contributed by atoms with E-state index in [1.807, 2.05) is 0 Å². The van der Waals surface area contributed by atoms with Gasteiger partial charge in [-0.2, -0.15) is 8.78 Å². The van der Waals surface area contributed by atoms with E-state index in [0.29, 0.717) is 5.56 Å². The van der Waals surface area contributed by atoms with Gasteiger partial charge in [0.1, 0.15) is 5.15 Å². The predicted octanol–water partition coefficient (Wildman–Crippen LogP) is 2.21. The molecule has 5 heteroatoms. The molecule has 0 saturated heterocycles. The number of rotatable bonds is 1. The van der Waals surface area contributed by atoms with Gasteiger partial charge >= 0.3 is 6.55 Å². The van der Waals surface area contributed by atoms with Crippen molar-refractivity contribution in [3.05, 3.63) is 33.2 Å². The molecule has 0 N–H and O–H groups in total. The first-order valence-corrected chi connectivity index (χ1v) is 3.57. The van der Waals surface area contributed by atoms with Crippen LogP contribution in [0.4, 0.5) is 8.78 Å². The highest BCUT2D eigenvalue weighted by atomic mass is 35.5. The molecule has 0 aliphatic carbocycles. The monoisotopic (exact) mass is 193 g/mol. The van der Waals surface area contributed by atoms with Crippen molar-refractivity contribution < 1.29 is 8.78 Å². The lowest BCUT2D eigenvalue weighted by molar-refractivity contribution is 0.0666. The fourth-order valence-electron chi connectivity index (χ4n) is 0.858. The van der Waals surface area contributed by atoms with Crippen LogP contribution in [0.25, 0.3) is 0 Å². The molecule has 0 spiro atoms. The van der Waals surface area contributed by atoms with Crippen molar-refractivity contribution in [3.8, 4) is 0 Å². The summed E-state index contributed by atoms with van der Waals surface area (Å²) in [6.45, 7) is -1.27. The maximum atomic E-state index is 12.1. The van der Waals surface area contributed by atoms with Gasteiger partial charge in [-0.05, 0) is 18.6 Å². The largest absolute Gasteiger partial charge is 0.322 e. The molecule has 0 aliphatic heterocycles. The van der Waals surface area contributed by atoms with E-state index in [-0.39, 0.29) is 9.72 Å². The Bertz CT molecular complexity index is 348. The standard InChI is InChI=1S/C7H6ClF2NO/c1-4-2-5(8)11(7(9)10)6(12)3-4/h2-3,7H,1H3. The van der Waals surface area contributed by atoms with Gasteiger partial charge in [0.25, 0.3) is 5.56 Å². The molecule has 0 atom stereocenters. The second kappa shape index (κ2) is 3.23. The normalized spacial score (nSPS) is 10.8. The van der Waals surface area contributed by atoms with E-state index >= 15 is 0 Å². The lowest BCUT2D eigenvalue weighted by atomic mass is 10.3. The minimum absolute atomic E-state index is 0.231. The van der Waals surface area contributed by atoms with Crippen LogP contribution >= 0.6 is 11.6 Å². The van der Waals surface area contributed by atoms with Gasteiger partial charge in [-0.3, -0.25) is 4.79 Å². The van der Waals surface area contributed by atoms with Gasteiger partial charge in [0.2, 0.25) is 0 Å². The van der Waals surface area contributed by atoms with Crippen molar-refractivity contribution in [3.63, 3.8) is 0 Å². The zero-order valence-corrected chi connectivity index (χ0v) is 6.98. The van der Waals surface area contributed by atoms with Gasteiger partial charge in [-0.1, -0.05) is 11.6 Å². The van der Waals surface area contributed by atoms with Crippen LogP contribution in [-0.2, 0) is 0 Å². The van der Waals surface area contributed by atoms with Gasteiger partial charge in [-0.15, -0.1) is 0 Å². The first-order valence-electron chi connectivity index (χ1n) is 3.19. The van der Waals surface area contributed by atoms with E-state index in [0.717, 1.165) is 6.07 Å². The molecule has 1 aromatic rings. The van der Waals surface area contributed by atoms with Crippen LogP contribution in [0.1, 0.15) is 12.1 Å². The second-order valence-corrected chi connectivity index (χ2v) is 2.73. The lowest BCUT2D eigenvalue weighted by Gasteiger charge is -2.06. The van der Waals surface area contributed by atoms with Crippen molar-refractivity contribution >= 4 is 11.6 Å². The first-order chi connectivity index (χ1) is 5.52. The Morgan fingerprint density at radius 2 is 2.08 bits per heavy atom. The highest BCUT2D eigenvalue weighted by Gasteiger charge is 2.11. The van der Waals surface area contributed by atoms with E-state index in [9.17, 15) is 13.6 Å². The van der Waals surface area contributed by atoms with Crippen LogP contribution in [0, 0.1) is 6.92 Å². The molecule has 1 heterocycles. The zero-order valence-electron chi connectivity index (χ0n) is 6.22. The van der Waals surface area contributed by atoms with Gasteiger partial charge in [0.05, 0.1) is 0 Å². The summed E-state index contributed by atoms with van der Waals surface area (Å²) in [5.74, 6) is 0. The third-order valence-electron chi connectivity index (χ3n) is 1.36. The predicted molar refractivity (Wildman–Crippen MR) is 41.7 cm³/mol. The van der Waals surface area contributed by atoms with E-state index in [1.165, 1.54) is 6.07 Å². The highest BCUT2D eigenvalue weighted by Crippen LogP contribution is 2.15. The van der Waals surface area contributed by atoms with Gasteiger partial charge < -0.3 is 0 Å². The molecular formula is C7H6ClF2NO. The van der Waals surface area contributed by atoms with Crippen molar-refractivity contribution in [1.82, 2.24) is 4.57 Å². The maximum Gasteiger partial charge on any atom is 0.322 e. The average Bonchev–Trinajstić information content (AvgIpc) is 1.82. The molecule has 0 aliphatic rings. The van der Waals surface area contributed by atoms with E-state index in [4.69, 9.17) is 11.6 Å². The van der Waals surface area contributed by atoms with Crippen LogP contribution < -0.4 is 5.56 Å². The van der Waals surface area contributed by atoms with E-state index in [2.05, 4.69) is 0 Å². The summed E-state index contributed by atoms with van der Waals surface area (Å²) in [6.07, 6.45) is 0. The molecule has 1 aromatic heterocycles. The summed E-state index contributed by atoms with van der Waals surface area (Å²) in [6, 6.07) is 2.42. The van der Waals surface area contributed by atoms with Crippen molar-refractivity contribution in [2.24, 2.45) is 0 Å². The van der Waals surface area contributed by atoms with Gasteiger partial charge in [0.15, 0.2) is 0 Å². The molecule has 0 aromatic carbocycles. The van der Waals surface area contributed by atoms with Crippen molar-refractivity contribution in [2.75, 3.05) is 0 Å². The Balaban J connectivity index is 3.39. The number of aromatic nitrogens is 1. The second-order valence-electron chi connectivity index (χ2n) is 2.34. The molecule has 0 radical (unpaired) electrons. The molecule has 0 unspecified atom stereocenters. The number of pyridine rings is 1. The summed E-state index contributed by atoms with van der Waals surface area (Å²) in [7, 11) is 0. The minimum atomic E-state index is -2.88. The summed E-state index contributed by atoms with van der Waals surface area (Å²) in [5, 5.41) is -0.241. The summed E-state index contributed by atoms with van der Waals surface area (Å²) < 4.78 is 24.4. The number of nitrogens with zero attached hydrogens (tertiary/aromatic N) is 1. The summed E-state index contributed by atoms with van der Waals surface area (Å²) >= 11 is 5.41. The Labute approximate surface area is 72.4 Å². The quantitative estimate of drug-likeness (QED) is 0.627. The van der Waals surface area contributed by atoms with Crippen molar-refractivity contribution in [2.45, 2.75) is 13.5 Å². The Hall–Kier alpha value is -0.900. The number of aryl methyl sites for hydroxylation is 1. The average molecular weight is 194 g/mol. The van der Waals surface area contributed by atoms with Gasteiger partial charge in [-0.25, -0.2) is 4.57 Å². The van der Waals surface area contributed by atoms with Crippen LogP contribution in [0.3, 0.4) is 0 Å². The minimum Gasteiger partial charge on any atom is -0.269 e. The van der Waals surface area contributed by atoms with E-state index in [1.54, 1.807) is 6.92 Å². The topological polar surface area (TPSA) is 22.0 Å². The van der Waals surface area contributed by atoms with Gasteiger partial charge in [0, 0.05) is 6.07 Å². The third kappa shape index (κ3) is 1.64. The Morgan fingerprint density at radius 1 is 1.50 bits per heavy atom. The Kier molecular flexibility index (Phi) is 2.47. The molecule has 0 saturated carbocycles. The van der Waals surface area contributed by atoms with Crippen LogP contribution in [-0.4, -0.2) is 4.57 Å². The smallest absolute Gasteiger partial charge is 0.269 e. The molecule has 2 nitrogen and oxygen atoms in total. The zero-order chi connectivity index (χ0) is 9.30. The van der Waals surface area contributed by atoms with Crippen molar-refractivity contribution in [1.29, 1.82) is 0 Å². The van der Waals surface area contributed by atoms with E-state index < -0.39 is 12.1 Å². The highest BCUT2D eigenvalue weighted by molar-refractivity contribution is 6.29. The molecule has 66 valence electrons. The third-order valence-corrected chi connectivity index (χ3v) is 1.65. The molecule has 12 heavy (non-hydrogen) atoms. The summed E-state index contributed by atoms with van der Waals surface area (Å²) in [5.41, 5.74) is -0.211. The molecule has 0 bridgehead atoms. The maximum absolute atomic E-state index is 12.1. The first kappa shape index (κ1) is 9.19. The number of hydrogen-bond donors (Lipinski definition) is 0. The van der Waals surface area contributed by atoms with Crippen LogP contribution in [0.5, 0.6) is 0 Å². The molecule has 1 rings (SSSR count). The number of halogens is 3. The van der Waals surface area contributed by atoms with Crippen LogP contribution in [0.15, 0.2) is 16.9 Å². The summed E-state index contributed by atoms with van der Waals surface area (Å²) in [4.78, 5) is 10.9. The fraction of sp³-hybridized carbons (Fsp3) is 0.286. The molecule has 0 amide bonds. The number of hydrogen-bond acceptors (Lipinski definition) is 1. The number of alkyl halides is 2. The Morgan fingerprint density at radius 3 is 2.50 bits per heavy atom. The fourth-order valence-corrected chi connectivity index (χ4v) is 1.19. The molecule has 0 fully saturated rings. The molecular weight excluding hydrogens is 188 g/mol. The van der Waals surface area contributed by atoms with Crippen LogP contribution in [0.2, 0.25) is 5.15 Å².